The number of hydrogen-bond acceptors (Lipinski definition) is 7. The molecule has 138 valence electrons. The Morgan fingerprint density at radius 1 is 1.14 bits per heavy atom. The van der Waals surface area contributed by atoms with Gasteiger partial charge < -0.3 is 4.42 Å². The van der Waals surface area contributed by atoms with E-state index >= 15 is 0 Å². The molecule has 0 aliphatic rings. The van der Waals surface area contributed by atoms with E-state index in [0.29, 0.717) is 11.5 Å². The molecular formula is C19H12N4O4S. The second kappa shape index (κ2) is 7.41. The molecule has 4 rings (SSSR count). The minimum Gasteiger partial charge on any atom is -0.453 e. The maximum atomic E-state index is 12.0. The van der Waals surface area contributed by atoms with Crippen molar-refractivity contribution in [1.82, 2.24) is 10.4 Å². The Kier molecular flexibility index (Phi) is 4.65. The van der Waals surface area contributed by atoms with Crippen LogP contribution in [0.5, 0.6) is 0 Å². The van der Waals surface area contributed by atoms with E-state index in [4.69, 9.17) is 4.42 Å². The number of nitro groups is 1. The van der Waals surface area contributed by atoms with Gasteiger partial charge in [-0.25, -0.2) is 10.4 Å². The number of thiazole rings is 1. The predicted octanol–water partition coefficient (Wildman–Crippen LogP) is 4.23. The van der Waals surface area contributed by atoms with Crippen LogP contribution in [0.1, 0.15) is 16.1 Å². The van der Waals surface area contributed by atoms with Crippen LogP contribution in [0.15, 0.2) is 70.2 Å². The monoisotopic (exact) mass is 392 g/mol. The van der Waals surface area contributed by atoms with Gasteiger partial charge in [-0.15, -0.1) is 11.3 Å². The molecule has 0 aliphatic heterocycles. The molecule has 9 heteroatoms. The molecule has 1 N–H and O–H groups in total. The summed E-state index contributed by atoms with van der Waals surface area (Å²) in [5, 5.41) is 15.2. The largest absolute Gasteiger partial charge is 0.453 e. The third-order valence-electron chi connectivity index (χ3n) is 3.83. The molecule has 8 nitrogen and oxygen atoms in total. The second-order valence-electron chi connectivity index (χ2n) is 5.69. The molecule has 1 amide bonds. The van der Waals surface area contributed by atoms with Crippen LogP contribution in [-0.2, 0) is 0 Å². The lowest BCUT2D eigenvalue weighted by molar-refractivity contribution is -0.384. The van der Waals surface area contributed by atoms with Gasteiger partial charge in [0.25, 0.3) is 11.6 Å². The summed E-state index contributed by atoms with van der Waals surface area (Å²) in [6.07, 6.45) is 1.38. The Labute approximate surface area is 162 Å². The van der Waals surface area contributed by atoms with Gasteiger partial charge in [-0.1, -0.05) is 12.1 Å². The van der Waals surface area contributed by atoms with Crippen molar-refractivity contribution in [3.63, 3.8) is 0 Å². The fraction of sp³-hybridized carbons (Fsp3) is 0. The van der Waals surface area contributed by atoms with Crippen LogP contribution in [0.4, 0.5) is 5.69 Å². The third-order valence-corrected chi connectivity index (χ3v) is 4.88. The van der Waals surface area contributed by atoms with Crippen molar-refractivity contribution >= 4 is 39.4 Å². The number of para-hydroxylation sites is 1. The normalized spacial score (nSPS) is 11.1. The molecule has 0 saturated carbocycles. The Morgan fingerprint density at radius 2 is 1.93 bits per heavy atom. The Bertz CT molecular complexity index is 1160. The minimum absolute atomic E-state index is 0.0852. The van der Waals surface area contributed by atoms with E-state index in [0.717, 1.165) is 15.2 Å². The molecule has 0 radical (unpaired) electrons. The number of non-ortho nitro benzene ring substituents is 1. The summed E-state index contributed by atoms with van der Waals surface area (Å²) in [6, 6.07) is 16.6. The fourth-order valence-corrected chi connectivity index (χ4v) is 3.40. The zero-order valence-electron chi connectivity index (χ0n) is 14.2. The van der Waals surface area contributed by atoms with E-state index in [1.807, 2.05) is 24.3 Å². The SMILES string of the molecule is O=C(N/N=C\c1ccc(-c2nc3ccccc3s2)o1)c1ccc([N+](=O)[O-])cc1. The van der Waals surface area contributed by atoms with Crippen LogP contribution >= 0.6 is 11.3 Å². The van der Waals surface area contributed by atoms with E-state index in [1.54, 1.807) is 12.1 Å². The van der Waals surface area contributed by atoms with Gasteiger partial charge in [0.1, 0.15) is 5.76 Å². The molecule has 0 bridgehead atoms. The van der Waals surface area contributed by atoms with Crippen molar-refractivity contribution in [3.05, 3.63) is 82.1 Å². The van der Waals surface area contributed by atoms with E-state index in [2.05, 4.69) is 15.5 Å². The lowest BCUT2D eigenvalue weighted by Gasteiger charge is -1.98. The highest BCUT2D eigenvalue weighted by atomic mass is 32.1. The standard InChI is InChI=1S/C19H12N4O4S/c24-18(12-5-7-13(8-6-12)23(25)26)22-20-11-14-9-10-16(27-14)19-21-15-3-1-2-4-17(15)28-19/h1-11H,(H,22,24)/b20-11-. The molecule has 2 aromatic heterocycles. The van der Waals surface area contributed by atoms with Crippen molar-refractivity contribution in [3.8, 4) is 10.8 Å². The lowest BCUT2D eigenvalue weighted by Crippen LogP contribution is -2.17. The van der Waals surface area contributed by atoms with Crippen LogP contribution in [-0.4, -0.2) is 22.0 Å². The summed E-state index contributed by atoms with van der Waals surface area (Å²) in [5.74, 6) is 0.590. The Hall–Kier alpha value is -3.85. The number of hydrogen-bond donors (Lipinski definition) is 1. The molecule has 0 atom stereocenters. The van der Waals surface area contributed by atoms with Gasteiger partial charge >= 0.3 is 0 Å². The van der Waals surface area contributed by atoms with Gasteiger partial charge in [0, 0.05) is 17.7 Å². The number of amides is 1. The molecular weight excluding hydrogens is 380 g/mol. The zero-order valence-corrected chi connectivity index (χ0v) is 15.1. The van der Waals surface area contributed by atoms with Gasteiger partial charge in [0.15, 0.2) is 10.8 Å². The van der Waals surface area contributed by atoms with Crippen molar-refractivity contribution in [2.24, 2.45) is 5.10 Å². The first-order chi connectivity index (χ1) is 13.6. The average Bonchev–Trinajstić information content (AvgIpc) is 3.34. The highest BCUT2D eigenvalue weighted by Crippen LogP contribution is 2.30. The number of nitro benzene ring substituents is 1. The first-order valence-electron chi connectivity index (χ1n) is 8.14. The van der Waals surface area contributed by atoms with E-state index in [1.165, 1.54) is 41.8 Å². The predicted molar refractivity (Wildman–Crippen MR) is 105 cm³/mol. The van der Waals surface area contributed by atoms with Crippen molar-refractivity contribution in [2.45, 2.75) is 0 Å². The van der Waals surface area contributed by atoms with Gasteiger partial charge in [-0.05, 0) is 36.4 Å². The number of carbonyl (C=O) groups is 1. The van der Waals surface area contributed by atoms with Crippen molar-refractivity contribution in [1.29, 1.82) is 0 Å². The minimum atomic E-state index is -0.528. The first-order valence-corrected chi connectivity index (χ1v) is 8.95. The summed E-state index contributed by atoms with van der Waals surface area (Å²) >= 11 is 1.53. The van der Waals surface area contributed by atoms with Gasteiger partial charge in [0.2, 0.25) is 0 Å². The number of nitrogens with zero attached hydrogens (tertiary/aromatic N) is 3. The highest BCUT2D eigenvalue weighted by molar-refractivity contribution is 7.21. The smallest absolute Gasteiger partial charge is 0.271 e. The molecule has 0 saturated heterocycles. The third kappa shape index (κ3) is 3.64. The summed E-state index contributed by atoms with van der Waals surface area (Å²) in [6.45, 7) is 0. The molecule has 0 spiro atoms. The topological polar surface area (TPSA) is 111 Å². The number of benzene rings is 2. The maximum absolute atomic E-state index is 12.0. The summed E-state index contributed by atoms with van der Waals surface area (Å²) in [7, 11) is 0. The molecule has 0 fully saturated rings. The second-order valence-corrected chi connectivity index (χ2v) is 6.72. The van der Waals surface area contributed by atoms with Crippen LogP contribution in [0.2, 0.25) is 0 Å². The van der Waals surface area contributed by atoms with Gasteiger partial charge in [-0.3, -0.25) is 14.9 Å². The Morgan fingerprint density at radius 3 is 2.68 bits per heavy atom. The number of carbonyl (C=O) groups excluding carboxylic acids is 1. The number of furan rings is 1. The molecule has 2 aromatic carbocycles. The number of rotatable bonds is 5. The summed E-state index contributed by atoms with van der Waals surface area (Å²) in [4.78, 5) is 26.6. The van der Waals surface area contributed by atoms with Crippen LogP contribution in [0, 0.1) is 10.1 Å². The van der Waals surface area contributed by atoms with Crippen LogP contribution in [0.25, 0.3) is 21.0 Å². The van der Waals surface area contributed by atoms with Gasteiger partial charge in [-0.2, -0.15) is 5.10 Å². The maximum Gasteiger partial charge on any atom is 0.271 e. The first kappa shape index (κ1) is 17.6. The van der Waals surface area contributed by atoms with E-state index in [9.17, 15) is 14.9 Å². The van der Waals surface area contributed by atoms with E-state index in [-0.39, 0.29) is 11.3 Å². The van der Waals surface area contributed by atoms with Crippen LogP contribution < -0.4 is 5.43 Å². The lowest BCUT2D eigenvalue weighted by atomic mass is 10.2. The molecule has 2 heterocycles. The number of nitrogens with one attached hydrogen (secondary N) is 1. The molecule has 0 aliphatic carbocycles. The van der Waals surface area contributed by atoms with E-state index < -0.39 is 10.8 Å². The Balaban J connectivity index is 1.42. The summed E-state index contributed by atoms with van der Waals surface area (Å²) < 4.78 is 6.77. The number of fused-ring (bicyclic) bond motifs is 1. The average molecular weight is 392 g/mol. The van der Waals surface area contributed by atoms with Crippen LogP contribution in [0.3, 0.4) is 0 Å². The molecule has 4 aromatic rings. The van der Waals surface area contributed by atoms with Crippen molar-refractivity contribution < 1.29 is 14.1 Å². The number of aromatic nitrogens is 1. The van der Waals surface area contributed by atoms with Gasteiger partial charge in [0.05, 0.1) is 21.4 Å². The highest BCUT2D eigenvalue weighted by Gasteiger charge is 2.11. The molecule has 0 unspecified atom stereocenters. The molecule has 28 heavy (non-hydrogen) atoms. The fourth-order valence-electron chi connectivity index (χ4n) is 2.47. The number of hydrazone groups is 1. The quantitative estimate of drug-likeness (QED) is 0.310. The summed E-state index contributed by atoms with van der Waals surface area (Å²) in [5.41, 5.74) is 3.44. The van der Waals surface area contributed by atoms with Crippen molar-refractivity contribution in [2.75, 3.05) is 0 Å². The zero-order chi connectivity index (χ0) is 19.5.